The number of phenols is 1. The van der Waals surface area contributed by atoms with E-state index < -0.39 is 0 Å². The smallest absolute Gasteiger partial charge is 0.138 e. The van der Waals surface area contributed by atoms with Crippen LogP contribution < -0.4 is 5.32 Å². The number of benzene rings is 1. The van der Waals surface area contributed by atoms with E-state index in [4.69, 9.17) is 11.6 Å². The Bertz CT molecular complexity index is 310. The molecular formula is C12H18ClNO. The lowest BCUT2D eigenvalue weighted by atomic mass is 10.1. The van der Waals surface area contributed by atoms with Gasteiger partial charge in [0.15, 0.2) is 0 Å². The first kappa shape index (κ1) is 12.3. The monoisotopic (exact) mass is 227 g/mol. The van der Waals surface area contributed by atoms with Crippen LogP contribution in [0.2, 0.25) is 5.02 Å². The van der Waals surface area contributed by atoms with Gasteiger partial charge in [-0.2, -0.15) is 0 Å². The van der Waals surface area contributed by atoms with E-state index in [-0.39, 0.29) is 5.75 Å². The van der Waals surface area contributed by atoms with Crippen molar-refractivity contribution in [2.45, 2.75) is 39.3 Å². The van der Waals surface area contributed by atoms with Gasteiger partial charge >= 0.3 is 0 Å². The van der Waals surface area contributed by atoms with Crippen molar-refractivity contribution >= 4 is 11.6 Å². The third kappa shape index (κ3) is 3.40. The Hall–Kier alpha value is -0.730. The van der Waals surface area contributed by atoms with Gasteiger partial charge in [0.1, 0.15) is 5.75 Å². The summed E-state index contributed by atoms with van der Waals surface area (Å²) in [6, 6.07) is 5.93. The third-order valence-corrected chi connectivity index (χ3v) is 2.94. The average Bonchev–Trinajstić information content (AvgIpc) is 2.25. The quantitative estimate of drug-likeness (QED) is 0.809. The highest BCUT2D eigenvalue weighted by Crippen LogP contribution is 2.26. The summed E-state index contributed by atoms with van der Waals surface area (Å²) in [6.45, 7) is 4.97. The molecule has 1 rings (SSSR count). The van der Waals surface area contributed by atoms with Gasteiger partial charge in [-0.1, -0.05) is 37.6 Å². The number of nitrogens with one attached hydrogen (secondary N) is 1. The molecule has 0 aromatic heterocycles. The molecule has 0 amide bonds. The van der Waals surface area contributed by atoms with Crippen LogP contribution in [0.15, 0.2) is 18.2 Å². The van der Waals surface area contributed by atoms with Gasteiger partial charge < -0.3 is 10.4 Å². The molecule has 2 N–H and O–H groups in total. The lowest BCUT2D eigenvalue weighted by molar-refractivity contribution is 0.448. The van der Waals surface area contributed by atoms with Gasteiger partial charge in [0.05, 0.1) is 5.02 Å². The maximum atomic E-state index is 9.68. The molecule has 0 spiro atoms. The topological polar surface area (TPSA) is 32.3 Å². The van der Waals surface area contributed by atoms with Crippen molar-refractivity contribution < 1.29 is 5.11 Å². The highest BCUT2D eigenvalue weighted by atomic mass is 35.5. The number of hydrogen-bond acceptors (Lipinski definition) is 2. The van der Waals surface area contributed by atoms with E-state index in [0.717, 1.165) is 18.4 Å². The van der Waals surface area contributed by atoms with E-state index in [9.17, 15) is 5.11 Å². The maximum absolute atomic E-state index is 9.68. The predicted octanol–water partition coefficient (Wildman–Crippen LogP) is 3.32. The summed E-state index contributed by atoms with van der Waals surface area (Å²) in [5.41, 5.74) is 0.856. The molecule has 0 unspecified atom stereocenters. The van der Waals surface area contributed by atoms with Crippen LogP contribution in [-0.2, 0) is 6.54 Å². The molecule has 84 valence electrons. The highest BCUT2D eigenvalue weighted by molar-refractivity contribution is 6.32. The Kier molecular flexibility index (Phi) is 4.92. The Labute approximate surface area is 96.3 Å². The summed E-state index contributed by atoms with van der Waals surface area (Å²) < 4.78 is 0. The van der Waals surface area contributed by atoms with Crippen molar-refractivity contribution in [3.63, 3.8) is 0 Å². The van der Waals surface area contributed by atoms with E-state index in [0.29, 0.717) is 17.6 Å². The standard InChI is InChI=1S/C12H18ClNO/c1-3-10(4-2)14-8-9-6-5-7-11(13)12(9)15/h5-7,10,14-15H,3-4,8H2,1-2H3. The zero-order chi connectivity index (χ0) is 11.3. The van der Waals surface area contributed by atoms with Gasteiger partial charge in [0, 0.05) is 18.2 Å². The molecule has 15 heavy (non-hydrogen) atoms. The number of aromatic hydroxyl groups is 1. The first-order chi connectivity index (χ1) is 7.19. The van der Waals surface area contributed by atoms with Crippen molar-refractivity contribution in [1.82, 2.24) is 5.32 Å². The largest absolute Gasteiger partial charge is 0.506 e. The molecule has 1 aromatic carbocycles. The fourth-order valence-electron chi connectivity index (χ4n) is 1.53. The van der Waals surface area contributed by atoms with Crippen LogP contribution in [0.25, 0.3) is 0 Å². The molecule has 0 saturated heterocycles. The van der Waals surface area contributed by atoms with Crippen LogP contribution in [0.4, 0.5) is 0 Å². The lowest BCUT2D eigenvalue weighted by Crippen LogP contribution is -2.26. The summed E-state index contributed by atoms with van der Waals surface area (Å²) in [5.74, 6) is 0.192. The second kappa shape index (κ2) is 5.99. The van der Waals surface area contributed by atoms with Crippen LogP contribution in [0.1, 0.15) is 32.3 Å². The first-order valence-corrected chi connectivity index (χ1v) is 5.76. The van der Waals surface area contributed by atoms with Gasteiger partial charge in [-0.3, -0.25) is 0 Å². The second-order valence-electron chi connectivity index (χ2n) is 3.64. The molecule has 0 fully saturated rings. The van der Waals surface area contributed by atoms with Crippen molar-refractivity contribution in [2.24, 2.45) is 0 Å². The van der Waals surface area contributed by atoms with Gasteiger partial charge in [-0.05, 0) is 18.9 Å². The lowest BCUT2D eigenvalue weighted by Gasteiger charge is -2.15. The van der Waals surface area contributed by atoms with Gasteiger partial charge in [0.2, 0.25) is 0 Å². The average molecular weight is 228 g/mol. The Morgan fingerprint density at radius 1 is 1.33 bits per heavy atom. The first-order valence-electron chi connectivity index (χ1n) is 5.38. The molecule has 0 bridgehead atoms. The minimum Gasteiger partial charge on any atom is -0.506 e. The molecule has 0 aliphatic heterocycles. The Balaban J connectivity index is 2.61. The molecule has 1 aromatic rings. The van der Waals surface area contributed by atoms with Crippen LogP contribution in [-0.4, -0.2) is 11.1 Å². The highest BCUT2D eigenvalue weighted by Gasteiger charge is 2.07. The Morgan fingerprint density at radius 2 is 2.00 bits per heavy atom. The van der Waals surface area contributed by atoms with Crippen LogP contribution in [0.3, 0.4) is 0 Å². The van der Waals surface area contributed by atoms with Gasteiger partial charge in [0.25, 0.3) is 0 Å². The summed E-state index contributed by atoms with van der Waals surface area (Å²) in [7, 11) is 0. The van der Waals surface area contributed by atoms with Crippen LogP contribution in [0.5, 0.6) is 5.75 Å². The number of para-hydroxylation sites is 1. The third-order valence-electron chi connectivity index (χ3n) is 2.64. The molecule has 0 radical (unpaired) electrons. The van der Waals surface area contributed by atoms with E-state index in [2.05, 4.69) is 19.2 Å². The summed E-state index contributed by atoms with van der Waals surface area (Å²) in [5, 5.41) is 13.5. The van der Waals surface area contributed by atoms with E-state index in [1.54, 1.807) is 6.07 Å². The van der Waals surface area contributed by atoms with Crippen molar-refractivity contribution in [2.75, 3.05) is 0 Å². The molecule has 3 heteroatoms. The molecule has 0 atom stereocenters. The zero-order valence-electron chi connectivity index (χ0n) is 9.26. The normalized spacial score (nSPS) is 10.9. The Morgan fingerprint density at radius 3 is 2.60 bits per heavy atom. The molecule has 0 heterocycles. The number of phenolic OH excluding ortho intramolecular Hbond substituents is 1. The van der Waals surface area contributed by atoms with E-state index in [1.807, 2.05) is 12.1 Å². The maximum Gasteiger partial charge on any atom is 0.138 e. The summed E-state index contributed by atoms with van der Waals surface area (Å²) in [4.78, 5) is 0. The van der Waals surface area contributed by atoms with Crippen molar-refractivity contribution in [3.8, 4) is 5.75 Å². The van der Waals surface area contributed by atoms with Crippen LogP contribution >= 0.6 is 11.6 Å². The van der Waals surface area contributed by atoms with Crippen molar-refractivity contribution in [1.29, 1.82) is 0 Å². The number of halogens is 1. The fourth-order valence-corrected chi connectivity index (χ4v) is 1.73. The predicted molar refractivity (Wildman–Crippen MR) is 64.3 cm³/mol. The van der Waals surface area contributed by atoms with E-state index >= 15 is 0 Å². The molecule has 0 aliphatic rings. The molecular weight excluding hydrogens is 210 g/mol. The minimum atomic E-state index is 0.192. The fraction of sp³-hybridized carbons (Fsp3) is 0.500. The van der Waals surface area contributed by atoms with Crippen molar-refractivity contribution in [3.05, 3.63) is 28.8 Å². The molecule has 2 nitrogen and oxygen atoms in total. The van der Waals surface area contributed by atoms with Crippen LogP contribution in [0, 0.1) is 0 Å². The summed E-state index contributed by atoms with van der Waals surface area (Å²) >= 11 is 5.82. The van der Waals surface area contributed by atoms with Gasteiger partial charge in [-0.15, -0.1) is 0 Å². The summed E-state index contributed by atoms with van der Waals surface area (Å²) in [6.07, 6.45) is 2.19. The SMILES string of the molecule is CCC(CC)NCc1cccc(Cl)c1O. The molecule has 0 saturated carbocycles. The second-order valence-corrected chi connectivity index (χ2v) is 4.05. The number of hydrogen-bond donors (Lipinski definition) is 2. The number of rotatable bonds is 5. The zero-order valence-corrected chi connectivity index (χ0v) is 10.0. The van der Waals surface area contributed by atoms with E-state index in [1.165, 1.54) is 0 Å². The van der Waals surface area contributed by atoms with Gasteiger partial charge in [-0.25, -0.2) is 0 Å². The minimum absolute atomic E-state index is 0.192. The molecule has 0 aliphatic carbocycles.